The summed E-state index contributed by atoms with van der Waals surface area (Å²) in [5, 5.41) is 0. The monoisotopic (exact) mass is 272 g/mol. The number of ether oxygens (including phenoxy) is 3. The predicted octanol–water partition coefficient (Wildman–Crippen LogP) is 2.90. The van der Waals surface area contributed by atoms with E-state index in [4.69, 9.17) is 18.6 Å². The Labute approximate surface area is 118 Å². The van der Waals surface area contributed by atoms with Crippen molar-refractivity contribution in [1.29, 1.82) is 0 Å². The van der Waals surface area contributed by atoms with Gasteiger partial charge in [-0.25, -0.2) is 0 Å². The first-order chi connectivity index (χ1) is 9.78. The van der Waals surface area contributed by atoms with Crippen LogP contribution in [-0.4, -0.2) is 21.3 Å². The summed E-state index contributed by atoms with van der Waals surface area (Å²) in [6, 6.07) is 7.40. The Kier molecular flexibility index (Phi) is 4.56. The van der Waals surface area contributed by atoms with Crippen LogP contribution in [0.25, 0.3) is 0 Å². The molecule has 2 aromatic rings. The lowest BCUT2D eigenvalue weighted by molar-refractivity contribution is 0.324. The summed E-state index contributed by atoms with van der Waals surface area (Å²) >= 11 is 0. The van der Waals surface area contributed by atoms with Crippen molar-refractivity contribution in [2.75, 3.05) is 21.3 Å². The van der Waals surface area contributed by atoms with Crippen molar-refractivity contribution in [1.82, 2.24) is 0 Å². The molecule has 0 saturated carbocycles. The largest absolute Gasteiger partial charge is 0.493 e. The van der Waals surface area contributed by atoms with E-state index in [9.17, 15) is 0 Å². The highest BCUT2D eigenvalue weighted by Crippen LogP contribution is 2.38. The molecule has 104 valence electrons. The quantitative estimate of drug-likeness (QED) is 0.802. The molecule has 0 unspecified atom stereocenters. The Balaban J connectivity index is 2.24. The van der Waals surface area contributed by atoms with E-state index in [-0.39, 0.29) is 0 Å². The first kappa shape index (κ1) is 13.9. The lowest BCUT2D eigenvalue weighted by Gasteiger charge is -2.13. The minimum absolute atomic E-state index is 0.567. The summed E-state index contributed by atoms with van der Waals surface area (Å²) < 4.78 is 21.0. The first-order valence-corrected chi connectivity index (χ1v) is 6.09. The van der Waals surface area contributed by atoms with E-state index < -0.39 is 0 Å². The van der Waals surface area contributed by atoms with Crippen molar-refractivity contribution in [3.05, 3.63) is 41.9 Å². The molecule has 0 spiro atoms. The normalized spacial score (nSPS) is 9.55. The zero-order chi connectivity index (χ0) is 14.4. The number of benzene rings is 1. The lowest BCUT2D eigenvalue weighted by atomic mass is 10.1. The molecule has 4 nitrogen and oxygen atoms in total. The van der Waals surface area contributed by atoms with Crippen molar-refractivity contribution in [2.45, 2.75) is 6.42 Å². The molecule has 0 amide bonds. The molecule has 1 aromatic carbocycles. The third kappa shape index (κ3) is 3.07. The third-order valence-corrected chi connectivity index (χ3v) is 2.75. The van der Waals surface area contributed by atoms with Gasteiger partial charge in [-0.1, -0.05) is 5.92 Å². The van der Waals surface area contributed by atoms with Gasteiger partial charge < -0.3 is 18.6 Å². The van der Waals surface area contributed by atoms with Crippen molar-refractivity contribution >= 4 is 0 Å². The minimum atomic E-state index is 0.567. The highest BCUT2D eigenvalue weighted by molar-refractivity contribution is 5.54. The molecule has 0 aliphatic carbocycles. The van der Waals surface area contributed by atoms with Gasteiger partial charge in [0.1, 0.15) is 0 Å². The molecule has 20 heavy (non-hydrogen) atoms. The number of methoxy groups -OCH3 is 3. The molecular weight excluding hydrogens is 256 g/mol. The van der Waals surface area contributed by atoms with Gasteiger partial charge in [0, 0.05) is 6.42 Å². The SMILES string of the molecule is COc1cc(CC#Cc2ccco2)cc(OC)c1OC. The third-order valence-electron chi connectivity index (χ3n) is 2.75. The molecule has 0 bridgehead atoms. The fourth-order valence-electron chi connectivity index (χ4n) is 1.82. The van der Waals surface area contributed by atoms with Gasteiger partial charge in [-0.2, -0.15) is 0 Å². The van der Waals surface area contributed by atoms with Crippen LogP contribution in [0.1, 0.15) is 11.3 Å². The molecule has 4 heteroatoms. The Morgan fingerprint density at radius 1 is 1.05 bits per heavy atom. The van der Waals surface area contributed by atoms with Crippen LogP contribution in [0.2, 0.25) is 0 Å². The van der Waals surface area contributed by atoms with Crippen LogP contribution in [0.15, 0.2) is 34.9 Å². The molecule has 0 atom stereocenters. The van der Waals surface area contributed by atoms with Crippen LogP contribution in [-0.2, 0) is 6.42 Å². The Hall–Kier alpha value is -2.54. The second-order valence-corrected chi connectivity index (χ2v) is 3.99. The van der Waals surface area contributed by atoms with Crippen molar-refractivity contribution in [2.24, 2.45) is 0 Å². The molecule has 2 rings (SSSR count). The molecule has 0 aliphatic rings. The summed E-state index contributed by atoms with van der Waals surface area (Å²) in [6.07, 6.45) is 2.17. The van der Waals surface area contributed by atoms with Gasteiger partial charge in [-0.15, -0.1) is 0 Å². The van der Waals surface area contributed by atoms with E-state index in [1.807, 2.05) is 24.3 Å². The van der Waals surface area contributed by atoms with Crippen molar-refractivity contribution in [3.8, 4) is 29.1 Å². The van der Waals surface area contributed by atoms with Gasteiger partial charge in [-0.3, -0.25) is 0 Å². The highest BCUT2D eigenvalue weighted by atomic mass is 16.5. The summed E-state index contributed by atoms with van der Waals surface area (Å²) in [6.45, 7) is 0. The fourth-order valence-corrected chi connectivity index (χ4v) is 1.82. The van der Waals surface area contributed by atoms with Crippen LogP contribution in [0.4, 0.5) is 0 Å². The van der Waals surface area contributed by atoms with Crippen molar-refractivity contribution < 1.29 is 18.6 Å². The van der Waals surface area contributed by atoms with Gasteiger partial charge in [0.15, 0.2) is 17.3 Å². The Bertz CT molecular complexity index is 593. The molecule has 0 N–H and O–H groups in total. The maximum Gasteiger partial charge on any atom is 0.203 e. The number of hydrogen-bond acceptors (Lipinski definition) is 4. The molecule has 0 radical (unpaired) electrons. The van der Waals surface area contributed by atoms with E-state index >= 15 is 0 Å². The zero-order valence-electron chi connectivity index (χ0n) is 11.7. The molecule has 1 aromatic heterocycles. The smallest absolute Gasteiger partial charge is 0.203 e. The van der Waals surface area contributed by atoms with Crippen LogP contribution in [0.3, 0.4) is 0 Å². The highest BCUT2D eigenvalue weighted by Gasteiger charge is 2.12. The molecule has 1 heterocycles. The lowest BCUT2D eigenvalue weighted by Crippen LogP contribution is -1.96. The van der Waals surface area contributed by atoms with Gasteiger partial charge in [0.2, 0.25) is 5.75 Å². The van der Waals surface area contributed by atoms with Gasteiger partial charge in [0.05, 0.1) is 27.6 Å². The summed E-state index contributed by atoms with van der Waals surface area (Å²) in [5.41, 5.74) is 0.985. The number of rotatable bonds is 4. The molecule has 0 saturated heterocycles. The average Bonchev–Trinajstić information content (AvgIpc) is 2.99. The summed E-state index contributed by atoms with van der Waals surface area (Å²) in [5.74, 6) is 8.48. The van der Waals surface area contributed by atoms with Crippen LogP contribution in [0, 0.1) is 11.8 Å². The predicted molar refractivity (Wildman–Crippen MR) is 75.4 cm³/mol. The van der Waals surface area contributed by atoms with E-state index in [0.717, 1.165) is 5.56 Å². The molecule has 0 fully saturated rings. The van der Waals surface area contributed by atoms with Crippen molar-refractivity contribution in [3.63, 3.8) is 0 Å². The Morgan fingerprint density at radius 2 is 1.75 bits per heavy atom. The first-order valence-electron chi connectivity index (χ1n) is 6.09. The second-order valence-electron chi connectivity index (χ2n) is 3.99. The topological polar surface area (TPSA) is 40.8 Å². The van der Waals surface area contributed by atoms with Gasteiger partial charge in [0.25, 0.3) is 0 Å². The van der Waals surface area contributed by atoms with E-state index in [1.54, 1.807) is 27.6 Å². The molecule has 0 aliphatic heterocycles. The standard InChI is InChI=1S/C16H16O4/c1-17-14-10-12(11-15(18-2)16(14)19-3)6-4-7-13-8-5-9-20-13/h5,8-11H,6H2,1-3H3. The number of furan rings is 1. The summed E-state index contributed by atoms with van der Waals surface area (Å²) in [4.78, 5) is 0. The van der Waals surface area contributed by atoms with E-state index in [1.165, 1.54) is 0 Å². The van der Waals surface area contributed by atoms with Crippen LogP contribution < -0.4 is 14.2 Å². The van der Waals surface area contributed by atoms with Crippen LogP contribution in [0.5, 0.6) is 17.2 Å². The van der Waals surface area contributed by atoms with E-state index in [0.29, 0.717) is 29.4 Å². The Morgan fingerprint density at radius 3 is 2.25 bits per heavy atom. The number of hydrogen-bond donors (Lipinski definition) is 0. The maximum atomic E-state index is 5.30. The van der Waals surface area contributed by atoms with Gasteiger partial charge in [-0.05, 0) is 35.7 Å². The average molecular weight is 272 g/mol. The minimum Gasteiger partial charge on any atom is -0.493 e. The summed E-state index contributed by atoms with van der Waals surface area (Å²) in [7, 11) is 4.77. The van der Waals surface area contributed by atoms with Gasteiger partial charge >= 0.3 is 0 Å². The molecular formula is C16H16O4. The maximum absolute atomic E-state index is 5.30. The second kappa shape index (κ2) is 6.58. The fraction of sp³-hybridized carbons (Fsp3) is 0.250. The zero-order valence-corrected chi connectivity index (χ0v) is 11.7. The van der Waals surface area contributed by atoms with E-state index in [2.05, 4.69) is 11.8 Å². The van der Waals surface area contributed by atoms with Crippen LogP contribution >= 0.6 is 0 Å².